The van der Waals surface area contributed by atoms with Gasteiger partial charge in [0.1, 0.15) is 12.4 Å². The number of piperidine rings is 1. The summed E-state index contributed by atoms with van der Waals surface area (Å²) in [6, 6.07) is 6.21. The Labute approximate surface area is 160 Å². The SMILES string of the molecule is Cc1ccc(OCCOCCN2CCC(C)CC2)cc1C.O=C(O)C(=O)O. The Balaban J connectivity index is 0.000000527. The monoisotopic (exact) mass is 381 g/mol. The van der Waals surface area contributed by atoms with Gasteiger partial charge in [0.05, 0.1) is 13.2 Å². The van der Waals surface area contributed by atoms with Gasteiger partial charge >= 0.3 is 11.9 Å². The minimum absolute atomic E-state index is 0.625. The number of aryl methyl sites for hydroxylation is 2. The molecule has 0 bridgehead atoms. The topological polar surface area (TPSA) is 96.3 Å². The molecule has 2 N–H and O–H groups in total. The van der Waals surface area contributed by atoms with Gasteiger partial charge in [0.2, 0.25) is 0 Å². The normalized spacial score (nSPS) is 14.9. The van der Waals surface area contributed by atoms with Crippen LogP contribution in [0.5, 0.6) is 5.75 Å². The number of likely N-dealkylation sites (tertiary alicyclic amines) is 1. The number of nitrogens with zero attached hydrogens (tertiary/aromatic N) is 1. The summed E-state index contributed by atoms with van der Waals surface area (Å²) in [6.07, 6.45) is 2.66. The molecule has 0 unspecified atom stereocenters. The van der Waals surface area contributed by atoms with E-state index in [0.29, 0.717) is 13.2 Å². The van der Waals surface area contributed by atoms with Crippen molar-refractivity contribution in [2.75, 3.05) is 39.5 Å². The molecular weight excluding hydrogens is 350 g/mol. The molecule has 152 valence electrons. The first kappa shape index (κ1) is 22.9. The predicted molar refractivity (Wildman–Crippen MR) is 102 cm³/mol. The van der Waals surface area contributed by atoms with E-state index < -0.39 is 11.9 Å². The average Bonchev–Trinajstić information content (AvgIpc) is 2.63. The Kier molecular flexibility index (Phi) is 10.4. The molecule has 0 spiro atoms. The third-order valence-corrected chi connectivity index (χ3v) is 4.59. The van der Waals surface area contributed by atoms with Gasteiger partial charge in [-0.3, -0.25) is 0 Å². The number of hydrogen-bond acceptors (Lipinski definition) is 5. The zero-order valence-corrected chi connectivity index (χ0v) is 16.4. The van der Waals surface area contributed by atoms with E-state index in [2.05, 4.69) is 37.8 Å². The van der Waals surface area contributed by atoms with E-state index in [0.717, 1.165) is 24.8 Å². The highest BCUT2D eigenvalue weighted by atomic mass is 16.5. The Morgan fingerprint density at radius 2 is 1.67 bits per heavy atom. The van der Waals surface area contributed by atoms with Gasteiger partial charge in [0.15, 0.2) is 0 Å². The Morgan fingerprint density at radius 1 is 1.04 bits per heavy atom. The molecule has 0 atom stereocenters. The molecule has 1 fully saturated rings. The van der Waals surface area contributed by atoms with Gasteiger partial charge in [-0.05, 0) is 69.0 Å². The number of carbonyl (C=O) groups is 2. The summed E-state index contributed by atoms with van der Waals surface area (Å²) in [7, 11) is 0. The molecule has 2 rings (SSSR count). The van der Waals surface area contributed by atoms with Crippen LogP contribution in [0.1, 0.15) is 30.9 Å². The molecular formula is C20H31NO6. The number of rotatable bonds is 7. The quantitative estimate of drug-likeness (QED) is 0.553. The molecule has 0 saturated carbocycles. The van der Waals surface area contributed by atoms with E-state index >= 15 is 0 Å². The van der Waals surface area contributed by atoms with Crippen molar-refractivity contribution < 1.29 is 29.3 Å². The highest BCUT2D eigenvalue weighted by Gasteiger charge is 2.14. The minimum atomic E-state index is -1.82. The first-order valence-electron chi connectivity index (χ1n) is 9.26. The zero-order valence-electron chi connectivity index (χ0n) is 16.4. The Hall–Kier alpha value is -2.12. The summed E-state index contributed by atoms with van der Waals surface area (Å²) in [5, 5.41) is 14.8. The Bertz CT molecular complexity index is 584. The second-order valence-electron chi connectivity index (χ2n) is 6.84. The lowest BCUT2D eigenvalue weighted by atomic mass is 9.99. The first-order chi connectivity index (χ1) is 12.8. The van der Waals surface area contributed by atoms with Crippen LogP contribution in [-0.4, -0.2) is 66.5 Å². The van der Waals surface area contributed by atoms with E-state index in [9.17, 15) is 0 Å². The van der Waals surface area contributed by atoms with Crippen LogP contribution >= 0.6 is 0 Å². The van der Waals surface area contributed by atoms with E-state index in [1.165, 1.54) is 37.1 Å². The fourth-order valence-corrected chi connectivity index (χ4v) is 2.60. The van der Waals surface area contributed by atoms with Crippen molar-refractivity contribution in [3.8, 4) is 5.75 Å². The van der Waals surface area contributed by atoms with Crippen molar-refractivity contribution in [1.82, 2.24) is 4.90 Å². The maximum absolute atomic E-state index is 9.10. The number of carboxylic acid groups (broad SMARTS) is 2. The lowest BCUT2D eigenvalue weighted by molar-refractivity contribution is -0.159. The number of aliphatic carboxylic acids is 2. The molecule has 1 heterocycles. The Morgan fingerprint density at radius 3 is 2.22 bits per heavy atom. The van der Waals surface area contributed by atoms with Crippen LogP contribution < -0.4 is 4.74 Å². The number of carboxylic acids is 2. The molecule has 1 aromatic carbocycles. The van der Waals surface area contributed by atoms with Gasteiger partial charge in [0, 0.05) is 6.54 Å². The van der Waals surface area contributed by atoms with Crippen molar-refractivity contribution in [2.45, 2.75) is 33.6 Å². The molecule has 7 nitrogen and oxygen atoms in total. The number of hydrogen-bond donors (Lipinski definition) is 2. The van der Waals surface area contributed by atoms with E-state index in [1.54, 1.807) is 0 Å². The maximum atomic E-state index is 9.10. The summed E-state index contributed by atoms with van der Waals surface area (Å²) in [6.45, 7) is 12.2. The highest BCUT2D eigenvalue weighted by Crippen LogP contribution is 2.16. The fraction of sp³-hybridized carbons (Fsp3) is 0.600. The van der Waals surface area contributed by atoms with Crippen molar-refractivity contribution in [2.24, 2.45) is 5.92 Å². The third-order valence-electron chi connectivity index (χ3n) is 4.59. The van der Waals surface area contributed by atoms with E-state index in [1.807, 2.05) is 6.07 Å². The molecule has 1 saturated heterocycles. The molecule has 7 heteroatoms. The lowest BCUT2D eigenvalue weighted by Crippen LogP contribution is -2.35. The van der Waals surface area contributed by atoms with E-state index in [-0.39, 0.29) is 0 Å². The molecule has 27 heavy (non-hydrogen) atoms. The van der Waals surface area contributed by atoms with Crippen molar-refractivity contribution in [3.63, 3.8) is 0 Å². The molecule has 1 aliphatic rings. The second kappa shape index (κ2) is 12.3. The number of benzene rings is 1. The van der Waals surface area contributed by atoms with Crippen LogP contribution in [0.3, 0.4) is 0 Å². The summed E-state index contributed by atoms with van der Waals surface area (Å²) < 4.78 is 11.4. The molecule has 1 aliphatic heterocycles. The average molecular weight is 381 g/mol. The van der Waals surface area contributed by atoms with Crippen molar-refractivity contribution in [3.05, 3.63) is 29.3 Å². The fourth-order valence-electron chi connectivity index (χ4n) is 2.60. The minimum Gasteiger partial charge on any atom is -0.491 e. The van der Waals surface area contributed by atoms with Crippen LogP contribution in [0.2, 0.25) is 0 Å². The lowest BCUT2D eigenvalue weighted by Gasteiger charge is -2.29. The van der Waals surface area contributed by atoms with Gasteiger partial charge in [0.25, 0.3) is 0 Å². The van der Waals surface area contributed by atoms with Crippen LogP contribution in [0.25, 0.3) is 0 Å². The van der Waals surface area contributed by atoms with Gasteiger partial charge in [-0.2, -0.15) is 0 Å². The standard InChI is InChI=1S/C18H29NO2.C2H2O4/c1-15-6-8-19(9-7-15)10-11-20-12-13-21-18-5-4-16(2)17(3)14-18;3-1(4)2(5)6/h4-5,14-15H,6-13H2,1-3H3;(H,3,4)(H,5,6). The molecule has 0 aliphatic carbocycles. The second-order valence-corrected chi connectivity index (χ2v) is 6.84. The van der Waals surface area contributed by atoms with Gasteiger partial charge in [-0.15, -0.1) is 0 Å². The van der Waals surface area contributed by atoms with Crippen LogP contribution in [0.15, 0.2) is 18.2 Å². The van der Waals surface area contributed by atoms with Gasteiger partial charge in [-0.25, -0.2) is 9.59 Å². The van der Waals surface area contributed by atoms with Gasteiger partial charge in [-0.1, -0.05) is 13.0 Å². The van der Waals surface area contributed by atoms with Crippen molar-refractivity contribution in [1.29, 1.82) is 0 Å². The van der Waals surface area contributed by atoms with Crippen LogP contribution in [0.4, 0.5) is 0 Å². The summed E-state index contributed by atoms with van der Waals surface area (Å²) >= 11 is 0. The molecule has 0 amide bonds. The molecule has 0 aromatic heterocycles. The first-order valence-corrected chi connectivity index (χ1v) is 9.26. The predicted octanol–water partition coefficient (Wildman–Crippen LogP) is 2.59. The third kappa shape index (κ3) is 9.96. The zero-order chi connectivity index (χ0) is 20.2. The summed E-state index contributed by atoms with van der Waals surface area (Å²) in [4.78, 5) is 20.7. The van der Waals surface area contributed by atoms with Gasteiger partial charge < -0.3 is 24.6 Å². The van der Waals surface area contributed by atoms with E-state index in [4.69, 9.17) is 29.3 Å². The summed E-state index contributed by atoms with van der Waals surface area (Å²) in [5.41, 5.74) is 2.57. The smallest absolute Gasteiger partial charge is 0.414 e. The largest absolute Gasteiger partial charge is 0.491 e. The summed E-state index contributed by atoms with van der Waals surface area (Å²) in [5.74, 6) is -1.81. The molecule has 1 aromatic rings. The van der Waals surface area contributed by atoms with Crippen LogP contribution in [-0.2, 0) is 14.3 Å². The number of ether oxygens (including phenoxy) is 2. The van der Waals surface area contributed by atoms with Crippen molar-refractivity contribution >= 4 is 11.9 Å². The van der Waals surface area contributed by atoms with Crippen LogP contribution in [0, 0.1) is 19.8 Å². The molecule has 0 radical (unpaired) electrons. The highest BCUT2D eigenvalue weighted by molar-refractivity contribution is 6.27. The maximum Gasteiger partial charge on any atom is 0.414 e.